The lowest BCUT2D eigenvalue weighted by Crippen LogP contribution is -2.12. The summed E-state index contributed by atoms with van der Waals surface area (Å²) in [5.74, 6) is -0.475. The molecule has 0 spiro atoms. The van der Waals surface area contributed by atoms with Gasteiger partial charge in [-0.05, 0) is 37.6 Å². The highest BCUT2D eigenvalue weighted by Crippen LogP contribution is 2.30. The van der Waals surface area contributed by atoms with E-state index in [9.17, 15) is 9.90 Å². The van der Waals surface area contributed by atoms with Crippen LogP contribution in [0.5, 0.6) is 0 Å². The Labute approximate surface area is 152 Å². The number of hydrogen-bond donors (Lipinski definition) is 1. The lowest BCUT2D eigenvalue weighted by molar-refractivity contribution is 0.0685. The molecule has 5 nitrogen and oxygen atoms in total. The maximum absolute atomic E-state index is 11.7. The number of rotatable bonds is 4. The fourth-order valence-electron chi connectivity index (χ4n) is 2.49. The average Bonchev–Trinajstić information content (AvgIpc) is 3.06. The molecule has 1 aromatic carbocycles. The third kappa shape index (κ3) is 3.17. The molecule has 1 N–H and O–H groups in total. The molecule has 0 saturated carbocycles. The van der Waals surface area contributed by atoms with Crippen LogP contribution < -0.4 is 0 Å². The van der Waals surface area contributed by atoms with Gasteiger partial charge in [0, 0.05) is 16.2 Å². The second-order valence-electron chi connectivity index (χ2n) is 5.24. The van der Waals surface area contributed by atoms with Crippen LogP contribution in [0.15, 0.2) is 24.4 Å². The van der Waals surface area contributed by atoms with E-state index >= 15 is 0 Å². The van der Waals surface area contributed by atoms with E-state index in [0.29, 0.717) is 21.6 Å². The number of carbonyl (C=O) groups is 1. The van der Waals surface area contributed by atoms with Crippen molar-refractivity contribution >= 4 is 40.5 Å². The summed E-state index contributed by atoms with van der Waals surface area (Å²) < 4.78 is 1.64. The van der Waals surface area contributed by atoms with Crippen LogP contribution in [0.2, 0.25) is 10.0 Å². The first-order valence-electron chi connectivity index (χ1n) is 7.04. The Kier molecular flexibility index (Phi) is 4.62. The van der Waals surface area contributed by atoms with Crippen molar-refractivity contribution in [2.24, 2.45) is 0 Å². The maximum Gasteiger partial charge on any atom is 0.354 e. The number of carboxylic acid groups (broad SMARTS) is 1. The smallest absolute Gasteiger partial charge is 0.354 e. The van der Waals surface area contributed by atoms with Crippen LogP contribution in [0.1, 0.15) is 26.8 Å². The number of aromatic nitrogens is 3. The molecule has 0 fully saturated rings. The Hall–Kier alpha value is -1.89. The van der Waals surface area contributed by atoms with Gasteiger partial charge < -0.3 is 9.67 Å². The third-order valence-electron chi connectivity index (χ3n) is 3.52. The van der Waals surface area contributed by atoms with Gasteiger partial charge in [0.2, 0.25) is 0 Å². The fourth-order valence-corrected chi connectivity index (χ4v) is 3.63. The molecule has 0 aliphatic carbocycles. The minimum Gasteiger partial charge on any atom is -0.477 e. The molecular weight excluding hydrogens is 369 g/mol. The standard InChI is InChI=1S/C16H13Cl2N3O2S/c1-8-14(16(22)23)21(7-10-5-11(17)3-4-12(10)18)15(20-8)13-6-19-9(2)24-13/h3-6H,7H2,1-2H3,(H,22,23). The van der Waals surface area contributed by atoms with Crippen LogP contribution in [0.3, 0.4) is 0 Å². The Morgan fingerprint density at radius 3 is 2.71 bits per heavy atom. The van der Waals surface area contributed by atoms with Gasteiger partial charge in [0.15, 0.2) is 11.5 Å². The Bertz CT molecular complexity index is 934. The van der Waals surface area contributed by atoms with E-state index in [1.54, 1.807) is 35.9 Å². The quantitative estimate of drug-likeness (QED) is 0.712. The maximum atomic E-state index is 11.7. The van der Waals surface area contributed by atoms with Gasteiger partial charge in [0.25, 0.3) is 0 Å². The zero-order valence-electron chi connectivity index (χ0n) is 12.9. The Morgan fingerprint density at radius 2 is 2.08 bits per heavy atom. The molecule has 3 rings (SSSR count). The third-order valence-corrected chi connectivity index (χ3v) is 5.03. The highest BCUT2D eigenvalue weighted by molar-refractivity contribution is 7.14. The van der Waals surface area contributed by atoms with Gasteiger partial charge in [0.1, 0.15) is 0 Å². The molecule has 2 aromatic heterocycles. The summed E-state index contributed by atoms with van der Waals surface area (Å²) in [5.41, 5.74) is 1.31. The minimum absolute atomic E-state index is 0.132. The summed E-state index contributed by atoms with van der Waals surface area (Å²) >= 11 is 13.7. The van der Waals surface area contributed by atoms with Crippen LogP contribution in [-0.2, 0) is 6.54 Å². The molecule has 8 heteroatoms. The molecule has 0 aliphatic heterocycles. The zero-order valence-corrected chi connectivity index (χ0v) is 15.2. The van der Waals surface area contributed by atoms with Gasteiger partial charge >= 0.3 is 5.97 Å². The second kappa shape index (κ2) is 6.55. The molecule has 0 amide bonds. The van der Waals surface area contributed by atoms with Gasteiger partial charge in [-0.25, -0.2) is 14.8 Å². The number of carboxylic acids is 1. The average molecular weight is 382 g/mol. The highest BCUT2D eigenvalue weighted by atomic mass is 35.5. The number of nitrogens with zero attached hydrogens (tertiary/aromatic N) is 3. The second-order valence-corrected chi connectivity index (χ2v) is 7.32. The molecule has 0 radical (unpaired) electrons. The van der Waals surface area contributed by atoms with Crippen molar-refractivity contribution in [3.8, 4) is 10.7 Å². The summed E-state index contributed by atoms with van der Waals surface area (Å²) in [7, 11) is 0. The molecule has 0 unspecified atom stereocenters. The largest absolute Gasteiger partial charge is 0.477 e. The van der Waals surface area contributed by atoms with Crippen LogP contribution in [0, 0.1) is 13.8 Å². The first-order chi connectivity index (χ1) is 11.4. The van der Waals surface area contributed by atoms with Crippen molar-refractivity contribution in [1.82, 2.24) is 14.5 Å². The topological polar surface area (TPSA) is 68.0 Å². The van der Waals surface area contributed by atoms with Crippen molar-refractivity contribution in [3.05, 3.63) is 56.4 Å². The number of halogens is 2. The summed E-state index contributed by atoms with van der Waals surface area (Å²) in [6.07, 6.45) is 1.70. The Morgan fingerprint density at radius 1 is 1.33 bits per heavy atom. The lowest BCUT2D eigenvalue weighted by Gasteiger charge is -2.11. The van der Waals surface area contributed by atoms with E-state index in [1.807, 2.05) is 6.92 Å². The number of thiazole rings is 1. The molecule has 24 heavy (non-hydrogen) atoms. The van der Waals surface area contributed by atoms with Gasteiger partial charge in [-0.15, -0.1) is 11.3 Å². The van der Waals surface area contributed by atoms with Crippen LogP contribution >= 0.6 is 34.5 Å². The van der Waals surface area contributed by atoms with Gasteiger partial charge in [-0.1, -0.05) is 23.2 Å². The number of aromatic carboxylic acids is 1. The van der Waals surface area contributed by atoms with Crippen molar-refractivity contribution in [2.75, 3.05) is 0 Å². The fraction of sp³-hybridized carbons (Fsp3) is 0.188. The summed E-state index contributed by atoms with van der Waals surface area (Å²) in [6.45, 7) is 3.82. The number of hydrogen-bond acceptors (Lipinski definition) is 4. The van der Waals surface area contributed by atoms with Gasteiger partial charge in [-0.2, -0.15) is 0 Å². The molecular formula is C16H13Cl2N3O2S. The van der Waals surface area contributed by atoms with E-state index in [1.165, 1.54) is 11.3 Å². The minimum atomic E-state index is -1.04. The first-order valence-corrected chi connectivity index (χ1v) is 8.61. The summed E-state index contributed by atoms with van der Waals surface area (Å²) in [4.78, 5) is 21.2. The van der Waals surface area contributed by atoms with Crippen molar-refractivity contribution < 1.29 is 9.90 Å². The molecule has 124 valence electrons. The van der Waals surface area contributed by atoms with Crippen LogP contribution in [0.4, 0.5) is 0 Å². The number of aryl methyl sites for hydroxylation is 2. The van der Waals surface area contributed by atoms with E-state index in [0.717, 1.165) is 15.4 Å². The molecule has 3 aromatic rings. The molecule has 0 saturated heterocycles. The summed E-state index contributed by atoms with van der Waals surface area (Å²) in [6, 6.07) is 5.12. The van der Waals surface area contributed by atoms with Crippen molar-refractivity contribution in [1.29, 1.82) is 0 Å². The molecule has 0 bridgehead atoms. The number of imidazole rings is 1. The Balaban J connectivity index is 2.17. The molecule has 0 atom stereocenters. The number of benzene rings is 1. The first kappa shape index (κ1) is 17.0. The monoisotopic (exact) mass is 381 g/mol. The highest BCUT2D eigenvalue weighted by Gasteiger charge is 2.23. The summed E-state index contributed by atoms with van der Waals surface area (Å²) in [5, 5.41) is 11.5. The zero-order chi connectivity index (χ0) is 17.4. The van der Waals surface area contributed by atoms with E-state index in [4.69, 9.17) is 23.2 Å². The predicted octanol–water partition coefficient (Wildman–Crippen LogP) is 4.68. The van der Waals surface area contributed by atoms with Gasteiger partial charge in [0.05, 0.1) is 22.1 Å². The predicted molar refractivity (Wildman–Crippen MR) is 95.3 cm³/mol. The van der Waals surface area contributed by atoms with Crippen LogP contribution in [-0.4, -0.2) is 25.6 Å². The molecule has 0 aliphatic rings. The van der Waals surface area contributed by atoms with E-state index < -0.39 is 5.97 Å². The SMILES string of the molecule is Cc1ncc(-c2nc(C)c(C(=O)O)n2Cc2cc(Cl)ccc2Cl)s1. The van der Waals surface area contributed by atoms with Crippen molar-refractivity contribution in [2.45, 2.75) is 20.4 Å². The normalized spacial score (nSPS) is 11.0. The van der Waals surface area contributed by atoms with Gasteiger partial charge in [-0.3, -0.25) is 0 Å². The van der Waals surface area contributed by atoms with Crippen LogP contribution in [0.25, 0.3) is 10.7 Å². The molecule has 2 heterocycles. The van der Waals surface area contributed by atoms with E-state index in [-0.39, 0.29) is 12.2 Å². The lowest BCUT2D eigenvalue weighted by atomic mass is 10.2. The van der Waals surface area contributed by atoms with Crippen molar-refractivity contribution in [3.63, 3.8) is 0 Å². The van der Waals surface area contributed by atoms with E-state index in [2.05, 4.69) is 9.97 Å².